The highest BCUT2D eigenvalue weighted by Gasteiger charge is 2.36. The minimum atomic E-state index is 0.251. The molecule has 1 aliphatic heterocycles. The summed E-state index contributed by atoms with van der Waals surface area (Å²) in [5.41, 5.74) is 1.65. The lowest BCUT2D eigenvalue weighted by molar-refractivity contribution is 0.191. The number of methoxy groups -OCH3 is 1. The summed E-state index contributed by atoms with van der Waals surface area (Å²) in [6, 6.07) is 8.46. The molecule has 1 aromatic rings. The molecule has 82 valence electrons. The molecule has 1 unspecified atom stereocenters. The van der Waals surface area contributed by atoms with Crippen molar-refractivity contribution in [3.63, 3.8) is 0 Å². The predicted molar refractivity (Wildman–Crippen MR) is 62.2 cm³/mol. The molecule has 0 radical (unpaired) electrons. The number of nitrogens with one attached hydrogen (secondary N) is 1. The van der Waals surface area contributed by atoms with Gasteiger partial charge in [-0.15, -0.1) is 0 Å². The summed E-state index contributed by atoms with van der Waals surface area (Å²) in [5.74, 6) is 0.935. The lowest BCUT2D eigenvalue weighted by atomic mass is 9.77. The molecule has 2 rings (SSSR count). The van der Waals surface area contributed by atoms with Crippen LogP contribution in [0.3, 0.4) is 0 Å². The van der Waals surface area contributed by atoms with Crippen LogP contribution in [0.15, 0.2) is 24.3 Å². The number of hydrogen-bond donors (Lipinski definition) is 1. The highest BCUT2D eigenvalue weighted by Crippen LogP contribution is 2.36. The lowest BCUT2D eigenvalue weighted by Crippen LogP contribution is -2.53. The summed E-state index contributed by atoms with van der Waals surface area (Å²) in [6.07, 6.45) is 3.70. The highest BCUT2D eigenvalue weighted by atomic mass is 16.5. The molecule has 0 aliphatic carbocycles. The topological polar surface area (TPSA) is 21.3 Å². The fraction of sp³-hybridized carbons (Fsp3) is 0.538. The van der Waals surface area contributed by atoms with Crippen LogP contribution in [0.25, 0.3) is 0 Å². The standard InChI is InChI=1S/C13H19NO/c1-3-8-13(9-10-14-13)11-4-6-12(15-2)7-5-11/h4-7,14H,3,8-10H2,1-2H3. The Labute approximate surface area is 91.6 Å². The van der Waals surface area contributed by atoms with E-state index in [0.29, 0.717) is 0 Å². The van der Waals surface area contributed by atoms with Gasteiger partial charge in [0.2, 0.25) is 0 Å². The minimum Gasteiger partial charge on any atom is -0.497 e. The molecule has 0 amide bonds. The summed E-state index contributed by atoms with van der Waals surface area (Å²) in [7, 11) is 1.71. The van der Waals surface area contributed by atoms with Gasteiger partial charge in [-0.05, 0) is 37.1 Å². The quantitative estimate of drug-likeness (QED) is 0.816. The van der Waals surface area contributed by atoms with Gasteiger partial charge in [0.25, 0.3) is 0 Å². The molecule has 0 saturated carbocycles. The molecule has 15 heavy (non-hydrogen) atoms. The maximum absolute atomic E-state index is 5.17. The van der Waals surface area contributed by atoms with Crippen molar-refractivity contribution in [3.8, 4) is 5.75 Å². The van der Waals surface area contributed by atoms with E-state index < -0.39 is 0 Å². The second-order valence-corrected chi connectivity index (χ2v) is 4.24. The van der Waals surface area contributed by atoms with E-state index in [2.05, 4.69) is 24.4 Å². The zero-order valence-corrected chi connectivity index (χ0v) is 9.55. The van der Waals surface area contributed by atoms with Crippen molar-refractivity contribution in [2.24, 2.45) is 0 Å². The first-order valence-corrected chi connectivity index (χ1v) is 5.70. The molecule has 1 saturated heterocycles. The third-order valence-corrected chi connectivity index (χ3v) is 3.33. The molecule has 1 aromatic carbocycles. The Morgan fingerprint density at radius 1 is 1.33 bits per heavy atom. The van der Waals surface area contributed by atoms with Crippen LogP contribution in [-0.4, -0.2) is 13.7 Å². The highest BCUT2D eigenvalue weighted by molar-refractivity contribution is 5.33. The van der Waals surface area contributed by atoms with E-state index in [4.69, 9.17) is 4.74 Å². The third-order valence-electron chi connectivity index (χ3n) is 3.33. The molecule has 0 spiro atoms. The van der Waals surface area contributed by atoms with Crippen LogP contribution < -0.4 is 10.1 Å². The Hall–Kier alpha value is -1.02. The smallest absolute Gasteiger partial charge is 0.118 e. The largest absolute Gasteiger partial charge is 0.497 e. The van der Waals surface area contributed by atoms with Gasteiger partial charge >= 0.3 is 0 Å². The molecule has 2 heteroatoms. The second-order valence-electron chi connectivity index (χ2n) is 4.24. The van der Waals surface area contributed by atoms with Gasteiger partial charge in [-0.25, -0.2) is 0 Å². The van der Waals surface area contributed by atoms with Crippen LogP contribution in [0.4, 0.5) is 0 Å². The van der Waals surface area contributed by atoms with Crippen molar-refractivity contribution >= 4 is 0 Å². The molecular formula is C13H19NO. The summed E-state index contributed by atoms with van der Waals surface area (Å²) < 4.78 is 5.17. The normalized spacial score (nSPS) is 24.7. The zero-order chi connectivity index (χ0) is 10.7. The molecule has 1 fully saturated rings. The Balaban J connectivity index is 2.19. The van der Waals surface area contributed by atoms with E-state index in [1.807, 2.05) is 12.1 Å². The summed E-state index contributed by atoms with van der Waals surface area (Å²) >= 11 is 0. The molecule has 0 bridgehead atoms. The van der Waals surface area contributed by atoms with Gasteiger partial charge in [0.15, 0.2) is 0 Å². The van der Waals surface area contributed by atoms with Gasteiger partial charge in [-0.2, -0.15) is 0 Å². The Kier molecular flexibility index (Phi) is 2.96. The Morgan fingerprint density at radius 3 is 2.40 bits per heavy atom. The summed E-state index contributed by atoms with van der Waals surface area (Å²) in [6.45, 7) is 3.39. The van der Waals surface area contributed by atoms with Crippen LogP contribution >= 0.6 is 0 Å². The van der Waals surface area contributed by atoms with Crippen molar-refractivity contribution in [1.82, 2.24) is 5.32 Å². The fourth-order valence-corrected chi connectivity index (χ4v) is 2.37. The number of ether oxygens (including phenoxy) is 1. The molecule has 1 heterocycles. The third kappa shape index (κ3) is 1.86. The first kappa shape index (κ1) is 10.5. The predicted octanol–water partition coefficient (Wildman–Crippen LogP) is 2.68. The molecule has 2 nitrogen and oxygen atoms in total. The van der Waals surface area contributed by atoms with Crippen LogP contribution in [0.2, 0.25) is 0 Å². The molecule has 1 atom stereocenters. The average molecular weight is 205 g/mol. The number of hydrogen-bond acceptors (Lipinski definition) is 2. The van der Waals surface area contributed by atoms with Gasteiger partial charge in [0.1, 0.15) is 5.75 Å². The maximum Gasteiger partial charge on any atom is 0.118 e. The van der Waals surface area contributed by atoms with Crippen molar-refractivity contribution in [3.05, 3.63) is 29.8 Å². The van der Waals surface area contributed by atoms with E-state index >= 15 is 0 Å². The van der Waals surface area contributed by atoms with Crippen LogP contribution in [-0.2, 0) is 5.54 Å². The van der Waals surface area contributed by atoms with E-state index in [1.54, 1.807) is 7.11 Å². The van der Waals surface area contributed by atoms with Crippen LogP contribution in [0.5, 0.6) is 5.75 Å². The van der Waals surface area contributed by atoms with E-state index in [1.165, 1.54) is 24.8 Å². The van der Waals surface area contributed by atoms with E-state index in [-0.39, 0.29) is 5.54 Å². The second kappa shape index (κ2) is 4.23. The first-order valence-electron chi connectivity index (χ1n) is 5.70. The monoisotopic (exact) mass is 205 g/mol. The Morgan fingerprint density at radius 2 is 2.00 bits per heavy atom. The van der Waals surface area contributed by atoms with Gasteiger partial charge in [-0.1, -0.05) is 25.5 Å². The van der Waals surface area contributed by atoms with Gasteiger partial charge in [-0.3, -0.25) is 0 Å². The fourth-order valence-electron chi connectivity index (χ4n) is 2.37. The Bertz CT molecular complexity index is 314. The number of benzene rings is 1. The van der Waals surface area contributed by atoms with Gasteiger partial charge in [0.05, 0.1) is 7.11 Å². The SMILES string of the molecule is CCCC1(c2ccc(OC)cc2)CCN1. The summed E-state index contributed by atoms with van der Waals surface area (Å²) in [5, 5.41) is 3.57. The lowest BCUT2D eigenvalue weighted by Gasteiger charge is -2.44. The van der Waals surface area contributed by atoms with Crippen LogP contribution in [0, 0.1) is 0 Å². The zero-order valence-electron chi connectivity index (χ0n) is 9.55. The van der Waals surface area contributed by atoms with E-state index in [9.17, 15) is 0 Å². The number of rotatable bonds is 4. The molecule has 0 aromatic heterocycles. The van der Waals surface area contributed by atoms with E-state index in [0.717, 1.165) is 12.3 Å². The van der Waals surface area contributed by atoms with Gasteiger partial charge < -0.3 is 10.1 Å². The molecular weight excluding hydrogens is 186 g/mol. The van der Waals surface area contributed by atoms with Crippen molar-refractivity contribution in [1.29, 1.82) is 0 Å². The van der Waals surface area contributed by atoms with Crippen molar-refractivity contribution in [2.75, 3.05) is 13.7 Å². The maximum atomic E-state index is 5.17. The summed E-state index contributed by atoms with van der Waals surface area (Å²) in [4.78, 5) is 0. The van der Waals surface area contributed by atoms with Crippen LogP contribution in [0.1, 0.15) is 31.7 Å². The first-order chi connectivity index (χ1) is 7.30. The molecule has 1 N–H and O–H groups in total. The van der Waals surface area contributed by atoms with Crippen molar-refractivity contribution in [2.45, 2.75) is 31.7 Å². The van der Waals surface area contributed by atoms with Crippen molar-refractivity contribution < 1.29 is 4.74 Å². The average Bonchev–Trinajstić information content (AvgIpc) is 2.24. The minimum absolute atomic E-state index is 0.251. The van der Waals surface area contributed by atoms with Gasteiger partial charge in [0, 0.05) is 5.54 Å². The molecule has 1 aliphatic rings.